The number of benzene rings is 1. The van der Waals surface area contributed by atoms with E-state index >= 15 is 0 Å². The third-order valence-electron chi connectivity index (χ3n) is 4.27. The highest BCUT2D eigenvalue weighted by Crippen LogP contribution is 2.31. The quantitative estimate of drug-likeness (QED) is 0.913. The summed E-state index contributed by atoms with van der Waals surface area (Å²) >= 11 is 0. The molecule has 0 amide bonds. The van der Waals surface area contributed by atoms with Crippen LogP contribution in [0.1, 0.15) is 50.7 Å². The van der Waals surface area contributed by atoms with Crippen LogP contribution in [0.4, 0.5) is 0 Å². The molecule has 2 unspecified atom stereocenters. The maximum atomic E-state index is 9.59. The van der Waals surface area contributed by atoms with E-state index < -0.39 is 5.54 Å². The van der Waals surface area contributed by atoms with E-state index in [1.54, 1.807) is 0 Å². The standard InChI is InChI=1S/C18H26N2O/c1-13(2)20-18(12-19)9-5-6-17(11-18)21-16-8-7-14(3)15(4)10-16/h7-8,10,13,17,20H,5-6,9,11H2,1-4H3. The van der Waals surface area contributed by atoms with Gasteiger partial charge in [0.1, 0.15) is 17.4 Å². The van der Waals surface area contributed by atoms with E-state index in [-0.39, 0.29) is 6.10 Å². The van der Waals surface area contributed by atoms with Crippen LogP contribution in [0.5, 0.6) is 5.75 Å². The van der Waals surface area contributed by atoms with Crippen molar-refractivity contribution in [1.82, 2.24) is 5.32 Å². The van der Waals surface area contributed by atoms with Crippen LogP contribution in [0.15, 0.2) is 18.2 Å². The number of hydrogen-bond donors (Lipinski definition) is 1. The van der Waals surface area contributed by atoms with Gasteiger partial charge in [0.25, 0.3) is 0 Å². The largest absolute Gasteiger partial charge is 0.490 e. The highest BCUT2D eigenvalue weighted by Gasteiger charge is 2.37. The molecule has 2 rings (SSSR count). The summed E-state index contributed by atoms with van der Waals surface area (Å²) in [5.41, 5.74) is 2.09. The third-order valence-corrected chi connectivity index (χ3v) is 4.27. The Kier molecular flexibility index (Phi) is 4.90. The van der Waals surface area contributed by atoms with Crippen LogP contribution in [0, 0.1) is 25.2 Å². The average molecular weight is 286 g/mol. The monoisotopic (exact) mass is 286 g/mol. The van der Waals surface area contributed by atoms with Gasteiger partial charge in [-0.3, -0.25) is 5.32 Å². The van der Waals surface area contributed by atoms with Gasteiger partial charge in [-0.15, -0.1) is 0 Å². The van der Waals surface area contributed by atoms with E-state index in [1.807, 2.05) is 6.07 Å². The minimum atomic E-state index is -0.434. The van der Waals surface area contributed by atoms with Crippen LogP contribution in [-0.2, 0) is 0 Å². The smallest absolute Gasteiger partial charge is 0.120 e. The summed E-state index contributed by atoms with van der Waals surface area (Å²) in [5, 5.41) is 13.0. The van der Waals surface area contributed by atoms with E-state index in [2.05, 4.69) is 51.2 Å². The van der Waals surface area contributed by atoms with Crippen LogP contribution in [0.2, 0.25) is 0 Å². The Morgan fingerprint density at radius 1 is 1.33 bits per heavy atom. The van der Waals surface area contributed by atoms with Crippen molar-refractivity contribution in [2.24, 2.45) is 0 Å². The SMILES string of the molecule is Cc1ccc(OC2CCCC(C#N)(NC(C)C)C2)cc1C. The Balaban J connectivity index is 2.07. The highest BCUT2D eigenvalue weighted by atomic mass is 16.5. The first-order chi connectivity index (χ1) is 9.94. The second kappa shape index (κ2) is 6.49. The van der Waals surface area contributed by atoms with Crippen LogP contribution in [-0.4, -0.2) is 17.7 Å². The predicted molar refractivity (Wildman–Crippen MR) is 85.4 cm³/mol. The molecule has 1 aliphatic carbocycles. The first kappa shape index (κ1) is 15.9. The number of aryl methyl sites for hydroxylation is 2. The van der Waals surface area contributed by atoms with Gasteiger partial charge in [0.15, 0.2) is 0 Å². The molecule has 0 aliphatic heterocycles. The first-order valence-electron chi connectivity index (χ1n) is 7.87. The van der Waals surface area contributed by atoms with Crippen LogP contribution >= 0.6 is 0 Å². The molecule has 1 saturated carbocycles. The van der Waals surface area contributed by atoms with Gasteiger partial charge in [0, 0.05) is 12.5 Å². The lowest BCUT2D eigenvalue weighted by Crippen LogP contribution is -2.52. The molecule has 114 valence electrons. The maximum Gasteiger partial charge on any atom is 0.120 e. The second-order valence-corrected chi connectivity index (χ2v) is 6.58. The Morgan fingerprint density at radius 2 is 2.10 bits per heavy atom. The Morgan fingerprint density at radius 3 is 2.71 bits per heavy atom. The summed E-state index contributed by atoms with van der Waals surface area (Å²) in [7, 11) is 0. The van der Waals surface area contributed by atoms with Crippen molar-refractivity contribution in [2.45, 2.75) is 71.1 Å². The molecular formula is C18H26N2O. The molecule has 1 aromatic carbocycles. The number of rotatable bonds is 4. The van der Waals surface area contributed by atoms with E-state index in [0.29, 0.717) is 6.04 Å². The van der Waals surface area contributed by atoms with Crippen molar-refractivity contribution >= 4 is 0 Å². The zero-order chi connectivity index (χ0) is 15.5. The van der Waals surface area contributed by atoms with Gasteiger partial charge in [0.05, 0.1) is 6.07 Å². The topological polar surface area (TPSA) is 45.0 Å². The van der Waals surface area contributed by atoms with Gasteiger partial charge in [-0.2, -0.15) is 5.26 Å². The summed E-state index contributed by atoms with van der Waals surface area (Å²) < 4.78 is 6.14. The van der Waals surface area contributed by atoms with Gasteiger partial charge in [-0.05, 0) is 70.2 Å². The summed E-state index contributed by atoms with van der Waals surface area (Å²) in [6.07, 6.45) is 3.84. The van der Waals surface area contributed by atoms with Crippen LogP contribution < -0.4 is 10.1 Å². The summed E-state index contributed by atoms with van der Waals surface area (Å²) in [4.78, 5) is 0. The van der Waals surface area contributed by atoms with Crippen molar-refractivity contribution in [3.63, 3.8) is 0 Å². The Labute approximate surface area is 128 Å². The molecular weight excluding hydrogens is 260 g/mol. The van der Waals surface area contributed by atoms with E-state index in [4.69, 9.17) is 4.74 Å². The van der Waals surface area contributed by atoms with Gasteiger partial charge in [-0.25, -0.2) is 0 Å². The predicted octanol–water partition coefficient (Wildman–Crippen LogP) is 3.89. The molecule has 2 atom stereocenters. The van der Waals surface area contributed by atoms with Gasteiger partial charge < -0.3 is 4.74 Å². The van der Waals surface area contributed by atoms with Crippen molar-refractivity contribution in [1.29, 1.82) is 5.26 Å². The van der Waals surface area contributed by atoms with Crippen molar-refractivity contribution in [2.75, 3.05) is 0 Å². The van der Waals surface area contributed by atoms with Crippen molar-refractivity contribution < 1.29 is 4.74 Å². The van der Waals surface area contributed by atoms with Gasteiger partial charge in [0.2, 0.25) is 0 Å². The van der Waals surface area contributed by atoms with Crippen LogP contribution in [0.3, 0.4) is 0 Å². The van der Waals surface area contributed by atoms with E-state index in [1.165, 1.54) is 11.1 Å². The fraction of sp³-hybridized carbons (Fsp3) is 0.611. The fourth-order valence-corrected chi connectivity index (χ4v) is 3.12. The lowest BCUT2D eigenvalue weighted by molar-refractivity contribution is 0.109. The molecule has 3 nitrogen and oxygen atoms in total. The van der Waals surface area contributed by atoms with Gasteiger partial charge in [-0.1, -0.05) is 6.07 Å². The maximum absolute atomic E-state index is 9.59. The summed E-state index contributed by atoms with van der Waals surface area (Å²) in [5.74, 6) is 0.918. The lowest BCUT2D eigenvalue weighted by atomic mass is 9.80. The molecule has 21 heavy (non-hydrogen) atoms. The third kappa shape index (κ3) is 3.98. The molecule has 0 spiro atoms. The molecule has 0 bridgehead atoms. The molecule has 1 fully saturated rings. The van der Waals surface area contributed by atoms with E-state index in [9.17, 15) is 5.26 Å². The molecule has 0 radical (unpaired) electrons. The zero-order valence-corrected chi connectivity index (χ0v) is 13.6. The molecule has 3 heteroatoms. The second-order valence-electron chi connectivity index (χ2n) is 6.58. The number of hydrogen-bond acceptors (Lipinski definition) is 3. The number of nitrogens with one attached hydrogen (secondary N) is 1. The molecule has 0 aromatic heterocycles. The molecule has 1 N–H and O–H groups in total. The molecule has 1 aliphatic rings. The van der Waals surface area contributed by atoms with E-state index in [0.717, 1.165) is 31.4 Å². The molecule has 0 heterocycles. The average Bonchev–Trinajstić information content (AvgIpc) is 2.42. The minimum absolute atomic E-state index is 0.117. The molecule has 0 saturated heterocycles. The number of nitrogens with zero attached hydrogens (tertiary/aromatic N) is 1. The molecule has 1 aromatic rings. The van der Waals surface area contributed by atoms with Crippen LogP contribution in [0.25, 0.3) is 0 Å². The van der Waals surface area contributed by atoms with Gasteiger partial charge >= 0.3 is 0 Å². The number of nitriles is 1. The Bertz CT molecular complexity index is 533. The zero-order valence-electron chi connectivity index (χ0n) is 13.6. The fourth-order valence-electron chi connectivity index (χ4n) is 3.12. The minimum Gasteiger partial charge on any atom is -0.490 e. The summed E-state index contributed by atoms with van der Waals surface area (Å²) in [6, 6.07) is 9.02. The number of ether oxygens (including phenoxy) is 1. The van der Waals surface area contributed by atoms with Crippen molar-refractivity contribution in [3.05, 3.63) is 29.3 Å². The first-order valence-corrected chi connectivity index (χ1v) is 7.87. The highest BCUT2D eigenvalue weighted by molar-refractivity contribution is 5.34. The summed E-state index contributed by atoms with van der Waals surface area (Å²) in [6.45, 7) is 8.38. The van der Waals surface area contributed by atoms with Crippen molar-refractivity contribution in [3.8, 4) is 11.8 Å². The Hall–Kier alpha value is -1.53. The normalized spacial score (nSPS) is 25.6. The lowest BCUT2D eigenvalue weighted by Gasteiger charge is -2.37.